The molecule has 0 bridgehead atoms. The average molecular weight is 428 g/mol. The van der Waals surface area contributed by atoms with Crippen LogP contribution in [0.3, 0.4) is 0 Å². The molecular formula is C23H29N3O3S. The van der Waals surface area contributed by atoms with Crippen molar-refractivity contribution >= 4 is 27.7 Å². The normalized spacial score (nSPS) is 16.2. The van der Waals surface area contributed by atoms with Crippen LogP contribution in [0.5, 0.6) is 0 Å². The maximum absolute atomic E-state index is 12.9. The highest BCUT2D eigenvalue weighted by Crippen LogP contribution is 2.18. The van der Waals surface area contributed by atoms with Crippen molar-refractivity contribution in [2.24, 2.45) is 0 Å². The number of para-hydroxylation sites is 1. The Hall–Kier alpha value is -2.48. The number of hydrogen-bond acceptors (Lipinski definition) is 4. The summed E-state index contributed by atoms with van der Waals surface area (Å²) < 4.78 is 26.7. The largest absolute Gasteiger partial charge is 0.309 e. The lowest BCUT2D eigenvalue weighted by molar-refractivity contribution is -0.120. The van der Waals surface area contributed by atoms with E-state index in [4.69, 9.17) is 0 Å². The summed E-state index contributed by atoms with van der Waals surface area (Å²) in [6, 6.07) is 19.0. The third-order valence-electron chi connectivity index (χ3n) is 5.10. The molecule has 0 aliphatic carbocycles. The zero-order chi connectivity index (χ0) is 21.6. The molecule has 0 unspecified atom stereocenters. The lowest BCUT2D eigenvalue weighted by Crippen LogP contribution is -2.52. The molecule has 7 heteroatoms. The molecule has 1 amide bonds. The van der Waals surface area contributed by atoms with Crippen LogP contribution >= 0.6 is 0 Å². The molecule has 2 aromatic carbocycles. The van der Waals surface area contributed by atoms with Crippen LogP contribution in [0.25, 0.3) is 6.08 Å². The fraction of sp³-hybridized carbons (Fsp3) is 0.348. The lowest BCUT2D eigenvalue weighted by atomic mass is 10.2. The van der Waals surface area contributed by atoms with Gasteiger partial charge in [-0.05, 0) is 37.6 Å². The molecule has 160 valence electrons. The number of piperazine rings is 1. The molecule has 6 nitrogen and oxygen atoms in total. The molecule has 1 heterocycles. The second kappa shape index (κ2) is 10.0. The van der Waals surface area contributed by atoms with Gasteiger partial charge in [0.25, 0.3) is 0 Å². The monoisotopic (exact) mass is 427 g/mol. The first kappa shape index (κ1) is 22.2. The summed E-state index contributed by atoms with van der Waals surface area (Å²) in [4.78, 5) is 16.8. The molecule has 30 heavy (non-hydrogen) atoms. The Kier molecular flexibility index (Phi) is 7.42. The highest BCUT2D eigenvalue weighted by molar-refractivity contribution is 7.92. The van der Waals surface area contributed by atoms with Crippen molar-refractivity contribution in [1.82, 2.24) is 9.21 Å². The van der Waals surface area contributed by atoms with E-state index in [1.807, 2.05) is 79.4 Å². The second-order valence-electron chi connectivity index (χ2n) is 7.63. The zero-order valence-electron chi connectivity index (χ0n) is 17.5. The number of nitrogens with zero attached hydrogens (tertiary/aromatic N) is 3. The summed E-state index contributed by atoms with van der Waals surface area (Å²) in [5.41, 5.74) is 1.73. The molecule has 0 atom stereocenters. The predicted octanol–water partition coefficient (Wildman–Crippen LogP) is 3.05. The Bertz CT molecular complexity index is 952. The van der Waals surface area contributed by atoms with E-state index < -0.39 is 10.0 Å². The van der Waals surface area contributed by atoms with Gasteiger partial charge in [0, 0.05) is 43.3 Å². The van der Waals surface area contributed by atoms with Crippen LogP contribution in [0.4, 0.5) is 5.69 Å². The van der Waals surface area contributed by atoms with Gasteiger partial charge in [0.1, 0.15) is 0 Å². The second-order valence-corrected chi connectivity index (χ2v) is 9.45. The standard InChI is InChI=1S/C23H29N3O3S/c1-20(2)26(22-11-7-4-8-12-22)23(27)19-24-14-16-25(17-15-24)30(28,29)18-13-21-9-5-3-6-10-21/h3-13,18,20H,14-17,19H2,1-2H3. The Morgan fingerprint density at radius 1 is 0.967 bits per heavy atom. The van der Waals surface area contributed by atoms with Crippen molar-refractivity contribution in [3.05, 3.63) is 71.6 Å². The van der Waals surface area contributed by atoms with E-state index >= 15 is 0 Å². The van der Waals surface area contributed by atoms with Crippen molar-refractivity contribution in [3.8, 4) is 0 Å². The number of rotatable bonds is 7. The molecule has 1 aliphatic rings. The minimum atomic E-state index is -3.48. The van der Waals surface area contributed by atoms with Crippen LogP contribution in [0.1, 0.15) is 19.4 Å². The molecule has 1 fully saturated rings. The smallest absolute Gasteiger partial charge is 0.241 e. The molecule has 1 aliphatic heterocycles. The maximum atomic E-state index is 12.9. The van der Waals surface area contributed by atoms with Crippen LogP contribution in [0, 0.1) is 0 Å². The average Bonchev–Trinajstić information content (AvgIpc) is 2.74. The number of amides is 1. The molecule has 0 N–H and O–H groups in total. The van der Waals surface area contributed by atoms with Crippen LogP contribution < -0.4 is 4.90 Å². The summed E-state index contributed by atoms with van der Waals surface area (Å²) in [6.07, 6.45) is 1.62. The number of carbonyl (C=O) groups is 1. The Morgan fingerprint density at radius 2 is 1.53 bits per heavy atom. The molecule has 0 spiro atoms. The molecule has 0 radical (unpaired) electrons. The van der Waals surface area contributed by atoms with Gasteiger partial charge in [0.2, 0.25) is 15.9 Å². The van der Waals surface area contributed by atoms with Crippen LogP contribution in [0.15, 0.2) is 66.1 Å². The van der Waals surface area contributed by atoms with Crippen LogP contribution in [-0.2, 0) is 14.8 Å². The summed E-state index contributed by atoms with van der Waals surface area (Å²) in [5, 5.41) is 1.26. The number of sulfonamides is 1. The van der Waals surface area contributed by atoms with E-state index in [9.17, 15) is 13.2 Å². The van der Waals surface area contributed by atoms with Gasteiger partial charge >= 0.3 is 0 Å². The van der Waals surface area contributed by atoms with E-state index in [1.165, 1.54) is 9.71 Å². The SMILES string of the molecule is CC(C)N(C(=O)CN1CCN(S(=O)(=O)C=Cc2ccccc2)CC1)c1ccccc1. The molecule has 2 aromatic rings. The fourth-order valence-corrected chi connectivity index (χ4v) is 4.72. The van der Waals surface area contributed by atoms with Crippen molar-refractivity contribution in [1.29, 1.82) is 0 Å². The first-order chi connectivity index (χ1) is 14.4. The first-order valence-corrected chi connectivity index (χ1v) is 11.7. The van der Waals surface area contributed by atoms with Gasteiger partial charge in [-0.1, -0.05) is 48.5 Å². The minimum absolute atomic E-state index is 0.0245. The molecule has 3 rings (SSSR count). The summed E-state index contributed by atoms with van der Waals surface area (Å²) >= 11 is 0. The van der Waals surface area contributed by atoms with Gasteiger partial charge < -0.3 is 4.90 Å². The first-order valence-electron chi connectivity index (χ1n) is 10.2. The third kappa shape index (κ3) is 5.78. The summed E-state index contributed by atoms with van der Waals surface area (Å²) in [7, 11) is -3.48. The van der Waals surface area contributed by atoms with E-state index in [1.54, 1.807) is 11.0 Å². The minimum Gasteiger partial charge on any atom is -0.309 e. The quantitative estimate of drug-likeness (QED) is 0.681. The molecule has 1 saturated heterocycles. The predicted molar refractivity (Wildman–Crippen MR) is 121 cm³/mol. The topological polar surface area (TPSA) is 60.9 Å². The van der Waals surface area contributed by atoms with Crippen LogP contribution in [-0.4, -0.2) is 62.3 Å². The van der Waals surface area contributed by atoms with Crippen molar-refractivity contribution < 1.29 is 13.2 Å². The Labute approximate surface area is 179 Å². The van der Waals surface area contributed by atoms with E-state index in [-0.39, 0.29) is 18.5 Å². The van der Waals surface area contributed by atoms with Crippen molar-refractivity contribution in [2.45, 2.75) is 19.9 Å². The van der Waals surface area contributed by atoms with Gasteiger partial charge in [-0.2, -0.15) is 4.31 Å². The third-order valence-corrected chi connectivity index (χ3v) is 6.67. The Morgan fingerprint density at radius 3 is 2.10 bits per heavy atom. The lowest BCUT2D eigenvalue weighted by Gasteiger charge is -2.35. The van der Waals surface area contributed by atoms with Gasteiger partial charge in [0.15, 0.2) is 0 Å². The molecule has 0 saturated carbocycles. The number of benzene rings is 2. The highest BCUT2D eigenvalue weighted by atomic mass is 32.2. The highest BCUT2D eigenvalue weighted by Gasteiger charge is 2.28. The van der Waals surface area contributed by atoms with E-state index in [0.717, 1.165) is 11.3 Å². The molecular weight excluding hydrogens is 398 g/mol. The van der Waals surface area contributed by atoms with Gasteiger partial charge in [-0.25, -0.2) is 8.42 Å². The summed E-state index contributed by atoms with van der Waals surface area (Å²) in [5.74, 6) is 0.0245. The Balaban J connectivity index is 1.57. The maximum Gasteiger partial charge on any atom is 0.241 e. The number of carbonyl (C=O) groups excluding carboxylic acids is 1. The zero-order valence-corrected chi connectivity index (χ0v) is 18.3. The van der Waals surface area contributed by atoms with Gasteiger partial charge in [0.05, 0.1) is 6.54 Å². The van der Waals surface area contributed by atoms with Crippen molar-refractivity contribution in [2.75, 3.05) is 37.6 Å². The van der Waals surface area contributed by atoms with E-state index in [0.29, 0.717) is 26.2 Å². The van der Waals surface area contributed by atoms with Gasteiger partial charge in [-0.15, -0.1) is 0 Å². The van der Waals surface area contributed by atoms with Gasteiger partial charge in [-0.3, -0.25) is 9.69 Å². The number of hydrogen-bond donors (Lipinski definition) is 0. The molecule has 0 aromatic heterocycles. The van der Waals surface area contributed by atoms with Crippen LogP contribution in [0.2, 0.25) is 0 Å². The van der Waals surface area contributed by atoms with E-state index in [2.05, 4.69) is 0 Å². The number of anilines is 1. The summed E-state index contributed by atoms with van der Waals surface area (Å²) in [6.45, 7) is 6.09. The van der Waals surface area contributed by atoms with Crippen molar-refractivity contribution in [3.63, 3.8) is 0 Å². The fourth-order valence-electron chi connectivity index (χ4n) is 3.54.